The highest BCUT2D eigenvalue weighted by Crippen LogP contribution is 2.27. The van der Waals surface area contributed by atoms with E-state index in [-0.39, 0.29) is 16.2 Å². The molecule has 1 aromatic carbocycles. The maximum atomic E-state index is 13.0. The number of carbonyl (C=O) groups excluding carboxylic acids is 1. The van der Waals surface area contributed by atoms with E-state index in [1.54, 1.807) is 11.8 Å². The monoisotopic (exact) mass is 318 g/mol. The Morgan fingerprint density at radius 1 is 1.63 bits per heavy atom. The standard InChI is InChI=1S/C12H12ClFN2OS2/c1-7(19-12-15-4-5-18-12)11(17)16-8-2-3-10(14)9(13)6-8/h2-3,6-7H,4-5H2,1H3,(H,16,17). The first-order chi connectivity index (χ1) is 9.06. The Morgan fingerprint density at radius 2 is 2.42 bits per heavy atom. The van der Waals surface area contributed by atoms with E-state index in [0.29, 0.717) is 5.69 Å². The van der Waals surface area contributed by atoms with Gasteiger partial charge in [-0.15, -0.1) is 0 Å². The second-order valence-electron chi connectivity index (χ2n) is 3.87. The van der Waals surface area contributed by atoms with Crippen LogP contribution in [0.15, 0.2) is 23.2 Å². The number of nitrogens with one attached hydrogen (secondary N) is 1. The molecule has 3 nitrogen and oxygen atoms in total. The number of anilines is 1. The third kappa shape index (κ3) is 4.12. The number of thioether (sulfide) groups is 2. The molecule has 0 saturated heterocycles. The Bertz CT molecular complexity index is 524. The third-order valence-electron chi connectivity index (χ3n) is 2.39. The molecule has 19 heavy (non-hydrogen) atoms. The zero-order valence-corrected chi connectivity index (χ0v) is 12.5. The van der Waals surface area contributed by atoms with E-state index in [1.807, 2.05) is 6.92 Å². The SMILES string of the molecule is CC(SC1=NCCS1)C(=O)Nc1ccc(F)c(Cl)c1. The largest absolute Gasteiger partial charge is 0.325 e. The van der Waals surface area contributed by atoms with Crippen LogP contribution in [0.3, 0.4) is 0 Å². The number of hydrogen-bond acceptors (Lipinski definition) is 4. The molecule has 1 N–H and O–H groups in total. The van der Waals surface area contributed by atoms with Gasteiger partial charge in [0.15, 0.2) is 0 Å². The van der Waals surface area contributed by atoms with Gasteiger partial charge in [-0.1, -0.05) is 35.1 Å². The van der Waals surface area contributed by atoms with Crippen molar-refractivity contribution in [2.24, 2.45) is 4.99 Å². The van der Waals surface area contributed by atoms with Crippen LogP contribution < -0.4 is 5.32 Å². The molecular formula is C12H12ClFN2OS2. The van der Waals surface area contributed by atoms with Crippen LogP contribution in [0.1, 0.15) is 6.92 Å². The Kier molecular flexibility index (Phi) is 5.13. The predicted molar refractivity (Wildman–Crippen MR) is 81.9 cm³/mol. The van der Waals surface area contributed by atoms with Crippen molar-refractivity contribution >= 4 is 51.1 Å². The Balaban J connectivity index is 1.94. The van der Waals surface area contributed by atoms with Gasteiger partial charge < -0.3 is 5.32 Å². The van der Waals surface area contributed by atoms with E-state index in [0.717, 1.165) is 16.7 Å². The van der Waals surface area contributed by atoms with Gasteiger partial charge in [-0.2, -0.15) is 0 Å². The molecule has 1 aliphatic rings. The van der Waals surface area contributed by atoms with Crippen LogP contribution in [0.2, 0.25) is 5.02 Å². The lowest BCUT2D eigenvalue weighted by molar-refractivity contribution is -0.115. The van der Waals surface area contributed by atoms with Crippen LogP contribution in [0, 0.1) is 5.82 Å². The first-order valence-electron chi connectivity index (χ1n) is 5.66. The normalized spacial score (nSPS) is 16.1. The van der Waals surface area contributed by atoms with Crippen LogP contribution in [0.25, 0.3) is 0 Å². The fraction of sp³-hybridized carbons (Fsp3) is 0.333. The highest BCUT2D eigenvalue weighted by Gasteiger charge is 2.19. The number of amides is 1. The van der Waals surface area contributed by atoms with Gasteiger partial charge in [0.2, 0.25) is 5.91 Å². The summed E-state index contributed by atoms with van der Waals surface area (Å²) in [6, 6.07) is 4.11. The van der Waals surface area contributed by atoms with Crippen LogP contribution >= 0.6 is 35.1 Å². The van der Waals surface area contributed by atoms with Crippen LogP contribution in [-0.4, -0.2) is 27.8 Å². The quantitative estimate of drug-likeness (QED) is 0.925. The van der Waals surface area contributed by atoms with Gasteiger partial charge in [0, 0.05) is 11.4 Å². The van der Waals surface area contributed by atoms with Gasteiger partial charge in [0.05, 0.1) is 16.8 Å². The Hall–Kier alpha value is -0.720. The fourth-order valence-electron chi connectivity index (χ4n) is 1.41. The summed E-state index contributed by atoms with van der Waals surface area (Å²) >= 11 is 8.76. The zero-order chi connectivity index (χ0) is 13.8. The summed E-state index contributed by atoms with van der Waals surface area (Å²) in [6.07, 6.45) is 0. The number of carbonyl (C=O) groups is 1. The van der Waals surface area contributed by atoms with Crippen molar-refractivity contribution < 1.29 is 9.18 Å². The van der Waals surface area contributed by atoms with Crippen molar-refractivity contribution in [3.05, 3.63) is 29.0 Å². The molecule has 1 unspecified atom stereocenters. The topological polar surface area (TPSA) is 41.5 Å². The second-order valence-corrected chi connectivity index (χ2v) is 6.95. The van der Waals surface area contributed by atoms with E-state index in [4.69, 9.17) is 11.6 Å². The molecule has 0 aliphatic carbocycles. The molecule has 0 fully saturated rings. The number of benzene rings is 1. The summed E-state index contributed by atoms with van der Waals surface area (Å²) in [5.74, 6) is 0.325. The zero-order valence-electron chi connectivity index (χ0n) is 10.2. The lowest BCUT2D eigenvalue weighted by Gasteiger charge is -2.11. The summed E-state index contributed by atoms with van der Waals surface area (Å²) in [7, 11) is 0. The molecule has 7 heteroatoms. The molecule has 0 radical (unpaired) electrons. The Morgan fingerprint density at radius 3 is 3.05 bits per heavy atom. The summed E-state index contributed by atoms with van der Waals surface area (Å²) in [5.41, 5.74) is 0.491. The number of rotatable bonds is 3. The molecule has 0 bridgehead atoms. The number of halogens is 2. The molecule has 1 aliphatic heterocycles. The van der Waals surface area contributed by atoms with Crippen molar-refractivity contribution in [1.29, 1.82) is 0 Å². The summed E-state index contributed by atoms with van der Waals surface area (Å²) in [4.78, 5) is 16.2. The molecule has 0 aromatic heterocycles. The fourth-order valence-corrected chi connectivity index (χ4v) is 3.72. The van der Waals surface area contributed by atoms with Gasteiger partial charge >= 0.3 is 0 Å². The lowest BCUT2D eigenvalue weighted by Crippen LogP contribution is -2.23. The van der Waals surface area contributed by atoms with Gasteiger partial charge in [-0.25, -0.2) is 4.39 Å². The molecular weight excluding hydrogens is 307 g/mol. The van der Waals surface area contributed by atoms with Gasteiger partial charge in [-0.05, 0) is 25.1 Å². The molecule has 1 heterocycles. The summed E-state index contributed by atoms with van der Waals surface area (Å²) in [5, 5.41) is 2.45. The minimum absolute atomic E-state index is 0.00571. The minimum Gasteiger partial charge on any atom is -0.325 e. The van der Waals surface area contributed by atoms with Crippen molar-refractivity contribution in [3.8, 4) is 0 Å². The summed E-state index contributed by atoms with van der Waals surface area (Å²) in [6.45, 7) is 2.63. The second kappa shape index (κ2) is 6.63. The molecule has 0 spiro atoms. The van der Waals surface area contributed by atoms with E-state index >= 15 is 0 Å². The number of nitrogens with zero attached hydrogens (tertiary/aromatic N) is 1. The maximum absolute atomic E-state index is 13.0. The average molecular weight is 319 g/mol. The first kappa shape index (κ1) is 14.7. The number of hydrogen-bond donors (Lipinski definition) is 1. The summed E-state index contributed by atoms with van der Waals surface area (Å²) < 4.78 is 13.9. The van der Waals surface area contributed by atoms with Gasteiger partial charge in [-0.3, -0.25) is 9.79 Å². The van der Waals surface area contributed by atoms with Crippen molar-refractivity contribution in [2.75, 3.05) is 17.6 Å². The van der Waals surface area contributed by atoms with Crippen molar-refractivity contribution in [2.45, 2.75) is 12.2 Å². The van der Waals surface area contributed by atoms with E-state index < -0.39 is 5.82 Å². The minimum atomic E-state index is -0.501. The van der Waals surface area contributed by atoms with E-state index in [9.17, 15) is 9.18 Å². The molecule has 1 atom stereocenters. The lowest BCUT2D eigenvalue weighted by atomic mass is 10.3. The van der Waals surface area contributed by atoms with Gasteiger partial charge in [0.1, 0.15) is 10.2 Å². The molecule has 1 amide bonds. The third-order valence-corrected chi connectivity index (χ3v) is 4.98. The van der Waals surface area contributed by atoms with Crippen molar-refractivity contribution in [3.63, 3.8) is 0 Å². The van der Waals surface area contributed by atoms with Crippen LogP contribution in [-0.2, 0) is 4.79 Å². The Labute approximate surface area is 124 Å². The van der Waals surface area contributed by atoms with Crippen molar-refractivity contribution in [1.82, 2.24) is 0 Å². The van der Waals surface area contributed by atoms with Crippen LogP contribution in [0.5, 0.6) is 0 Å². The average Bonchev–Trinajstić information content (AvgIpc) is 2.86. The maximum Gasteiger partial charge on any atom is 0.237 e. The molecule has 0 saturated carbocycles. The molecule has 2 rings (SSSR count). The van der Waals surface area contributed by atoms with Crippen LogP contribution in [0.4, 0.5) is 10.1 Å². The van der Waals surface area contributed by atoms with Gasteiger partial charge in [0.25, 0.3) is 0 Å². The van der Waals surface area contributed by atoms with E-state index in [2.05, 4.69) is 10.3 Å². The molecule has 1 aromatic rings. The first-order valence-corrected chi connectivity index (χ1v) is 7.90. The smallest absolute Gasteiger partial charge is 0.237 e. The predicted octanol–water partition coefficient (Wildman–Crippen LogP) is 3.64. The molecule has 102 valence electrons. The highest BCUT2D eigenvalue weighted by atomic mass is 35.5. The van der Waals surface area contributed by atoms with E-state index in [1.165, 1.54) is 30.0 Å². The number of aliphatic imine (C=N–C) groups is 1. The highest BCUT2D eigenvalue weighted by molar-refractivity contribution is 8.39.